The molecular formula is C22H19N7O2S. The quantitative estimate of drug-likeness (QED) is 0.472. The molecule has 3 N–H and O–H groups in total. The summed E-state index contributed by atoms with van der Waals surface area (Å²) in [5, 5.41) is 12.6. The normalized spacial score (nSPS) is 12.3. The van der Waals surface area contributed by atoms with Gasteiger partial charge in [0.25, 0.3) is 0 Å². The van der Waals surface area contributed by atoms with Crippen molar-refractivity contribution in [3.05, 3.63) is 66.1 Å². The largest absolute Gasteiger partial charge is 0.382 e. The van der Waals surface area contributed by atoms with Gasteiger partial charge in [-0.3, -0.25) is 4.98 Å². The third kappa shape index (κ3) is 3.93. The molecule has 4 aromatic rings. The molecule has 0 unspecified atom stereocenters. The Morgan fingerprint density at radius 1 is 1.09 bits per heavy atom. The molecule has 0 saturated carbocycles. The molecule has 0 amide bonds. The zero-order valence-corrected chi connectivity index (χ0v) is 18.1. The number of hydrogen-bond acceptors (Lipinski definition) is 9. The maximum atomic E-state index is 12.5. The lowest BCUT2D eigenvalue weighted by Gasteiger charge is -2.20. The van der Waals surface area contributed by atoms with Gasteiger partial charge in [0.05, 0.1) is 27.7 Å². The van der Waals surface area contributed by atoms with Gasteiger partial charge in [0.1, 0.15) is 29.6 Å². The number of rotatable bonds is 5. The Bertz CT molecular complexity index is 1480. The summed E-state index contributed by atoms with van der Waals surface area (Å²) in [6.45, 7) is 1.86. The van der Waals surface area contributed by atoms with Gasteiger partial charge in [-0.05, 0) is 31.2 Å². The van der Waals surface area contributed by atoms with E-state index < -0.39 is 15.9 Å². The van der Waals surface area contributed by atoms with Gasteiger partial charge in [-0.25, -0.2) is 23.4 Å². The molecule has 0 spiro atoms. The van der Waals surface area contributed by atoms with E-state index in [-0.39, 0.29) is 22.1 Å². The average Bonchev–Trinajstić information content (AvgIpc) is 2.78. The molecule has 160 valence electrons. The number of hydrogen-bond donors (Lipinski definition) is 2. The molecule has 0 radical (unpaired) electrons. The molecule has 3 heterocycles. The molecular weight excluding hydrogens is 426 g/mol. The van der Waals surface area contributed by atoms with E-state index in [1.54, 1.807) is 36.5 Å². The summed E-state index contributed by atoms with van der Waals surface area (Å²) < 4.78 is 24.9. The van der Waals surface area contributed by atoms with Gasteiger partial charge in [0.2, 0.25) is 0 Å². The van der Waals surface area contributed by atoms with Gasteiger partial charge in [0, 0.05) is 23.6 Å². The van der Waals surface area contributed by atoms with Crippen molar-refractivity contribution in [3.63, 3.8) is 0 Å². The fourth-order valence-electron chi connectivity index (χ4n) is 3.45. The number of anilines is 2. The van der Waals surface area contributed by atoms with E-state index in [4.69, 9.17) is 10.7 Å². The summed E-state index contributed by atoms with van der Waals surface area (Å²) in [7, 11) is -3.51. The molecule has 0 aliphatic carbocycles. The summed E-state index contributed by atoms with van der Waals surface area (Å²) in [6, 6.07) is 13.7. The Balaban J connectivity index is 1.93. The van der Waals surface area contributed by atoms with Crippen LogP contribution in [0, 0.1) is 11.3 Å². The molecule has 1 atom stereocenters. The second-order valence-corrected chi connectivity index (χ2v) is 9.18. The summed E-state index contributed by atoms with van der Waals surface area (Å²) in [5.41, 5.74) is 8.88. The second-order valence-electron chi connectivity index (χ2n) is 7.20. The number of nitriles is 1. The second kappa shape index (κ2) is 8.20. The highest BCUT2D eigenvalue weighted by Crippen LogP contribution is 2.34. The smallest absolute Gasteiger partial charge is 0.176 e. The first-order chi connectivity index (χ1) is 15.3. The van der Waals surface area contributed by atoms with E-state index in [2.05, 4.69) is 20.3 Å². The van der Waals surface area contributed by atoms with E-state index >= 15 is 0 Å². The van der Waals surface area contributed by atoms with Gasteiger partial charge in [-0.2, -0.15) is 5.26 Å². The maximum Gasteiger partial charge on any atom is 0.176 e. The molecule has 0 fully saturated rings. The predicted octanol–water partition coefficient (Wildman–Crippen LogP) is 3.12. The Morgan fingerprint density at radius 2 is 1.88 bits per heavy atom. The first-order valence-corrected chi connectivity index (χ1v) is 11.5. The number of nitrogen functional groups attached to an aromatic ring is 1. The Kier molecular flexibility index (Phi) is 5.42. The molecule has 10 heteroatoms. The average molecular weight is 446 g/mol. The number of sulfone groups is 1. The van der Waals surface area contributed by atoms with Crippen LogP contribution in [0.25, 0.3) is 22.3 Å². The zero-order valence-electron chi connectivity index (χ0n) is 17.3. The van der Waals surface area contributed by atoms with Gasteiger partial charge in [-0.15, -0.1) is 0 Å². The van der Waals surface area contributed by atoms with Gasteiger partial charge >= 0.3 is 0 Å². The number of aromatic nitrogens is 4. The topological polar surface area (TPSA) is 148 Å². The fraction of sp³-hybridized carbons (Fsp3) is 0.136. The molecule has 0 aliphatic heterocycles. The van der Waals surface area contributed by atoms with Crippen LogP contribution < -0.4 is 11.1 Å². The van der Waals surface area contributed by atoms with Crippen LogP contribution in [0.3, 0.4) is 0 Å². The highest BCUT2D eigenvalue weighted by molar-refractivity contribution is 7.90. The van der Waals surface area contributed by atoms with Crippen molar-refractivity contribution in [1.82, 2.24) is 19.9 Å². The van der Waals surface area contributed by atoms with Crippen LogP contribution in [0.4, 0.5) is 11.6 Å². The maximum absolute atomic E-state index is 12.5. The van der Waals surface area contributed by atoms with Crippen LogP contribution in [-0.4, -0.2) is 34.6 Å². The Hall–Kier alpha value is -4.10. The lowest BCUT2D eigenvalue weighted by atomic mass is 9.99. The van der Waals surface area contributed by atoms with Crippen LogP contribution in [-0.2, 0) is 9.84 Å². The summed E-state index contributed by atoms with van der Waals surface area (Å²) >= 11 is 0. The van der Waals surface area contributed by atoms with E-state index in [9.17, 15) is 13.7 Å². The van der Waals surface area contributed by atoms with Crippen LogP contribution in [0.2, 0.25) is 0 Å². The monoisotopic (exact) mass is 445 g/mol. The minimum absolute atomic E-state index is 0.0677. The van der Waals surface area contributed by atoms with Crippen molar-refractivity contribution in [1.29, 1.82) is 5.26 Å². The van der Waals surface area contributed by atoms with Crippen LogP contribution >= 0.6 is 0 Å². The fourth-order valence-corrected chi connectivity index (χ4v) is 4.34. The van der Waals surface area contributed by atoms with E-state index in [1.165, 1.54) is 12.6 Å². The van der Waals surface area contributed by atoms with Crippen molar-refractivity contribution in [2.75, 3.05) is 17.3 Å². The van der Waals surface area contributed by atoms with E-state index in [0.717, 1.165) is 0 Å². The Labute approximate surface area is 184 Å². The van der Waals surface area contributed by atoms with Gasteiger partial charge in [0.15, 0.2) is 9.84 Å². The molecule has 9 nitrogen and oxygen atoms in total. The summed E-state index contributed by atoms with van der Waals surface area (Å²) in [4.78, 5) is 17.3. The van der Waals surface area contributed by atoms with Crippen LogP contribution in [0.5, 0.6) is 0 Å². The molecule has 0 saturated heterocycles. The van der Waals surface area contributed by atoms with Gasteiger partial charge < -0.3 is 11.1 Å². The highest BCUT2D eigenvalue weighted by Gasteiger charge is 2.22. The van der Waals surface area contributed by atoms with Gasteiger partial charge in [-0.1, -0.05) is 18.2 Å². The number of pyridine rings is 2. The van der Waals surface area contributed by atoms with Crippen LogP contribution in [0.15, 0.2) is 59.9 Å². The van der Waals surface area contributed by atoms with Crippen molar-refractivity contribution in [3.8, 4) is 17.3 Å². The standard InChI is InChI=1S/C22H19N7O2S/c1-13(28-22-16(11-23)21(24)26-12-27-22)15-10-18-17(7-5-9-25-18)29-20(15)14-6-3-4-8-19(14)32(2,30)31/h3-10,12-13H,1-2H3,(H3,24,26,27,28)/t13-/m0/s1. The van der Waals surface area contributed by atoms with Crippen molar-refractivity contribution in [2.24, 2.45) is 0 Å². The van der Waals surface area contributed by atoms with Crippen molar-refractivity contribution in [2.45, 2.75) is 17.9 Å². The number of benzene rings is 1. The predicted molar refractivity (Wildman–Crippen MR) is 121 cm³/mol. The van der Waals surface area contributed by atoms with Crippen molar-refractivity contribution < 1.29 is 8.42 Å². The molecule has 3 aromatic heterocycles. The minimum atomic E-state index is -3.51. The number of nitrogens with two attached hydrogens (primary N) is 1. The molecule has 4 rings (SSSR count). The Morgan fingerprint density at radius 3 is 2.62 bits per heavy atom. The number of nitrogens with one attached hydrogen (secondary N) is 1. The van der Waals surface area contributed by atoms with E-state index in [1.807, 2.05) is 25.1 Å². The summed E-state index contributed by atoms with van der Waals surface area (Å²) in [5.74, 6) is 0.342. The SMILES string of the molecule is C[C@H](Nc1ncnc(N)c1C#N)c1cc2ncccc2nc1-c1ccccc1S(C)(=O)=O. The molecule has 32 heavy (non-hydrogen) atoms. The van der Waals surface area contributed by atoms with E-state index in [0.29, 0.717) is 27.9 Å². The number of nitrogens with zero attached hydrogens (tertiary/aromatic N) is 5. The zero-order chi connectivity index (χ0) is 22.9. The molecule has 0 bridgehead atoms. The third-order valence-corrected chi connectivity index (χ3v) is 6.12. The first-order valence-electron chi connectivity index (χ1n) is 9.62. The lowest BCUT2D eigenvalue weighted by molar-refractivity contribution is 0.602. The van der Waals surface area contributed by atoms with Crippen molar-refractivity contribution >= 4 is 32.5 Å². The number of fused-ring (bicyclic) bond motifs is 1. The minimum Gasteiger partial charge on any atom is -0.382 e. The molecule has 0 aliphatic rings. The molecule has 1 aromatic carbocycles. The van der Waals surface area contributed by atoms with Crippen LogP contribution in [0.1, 0.15) is 24.1 Å². The highest BCUT2D eigenvalue weighted by atomic mass is 32.2. The summed E-state index contributed by atoms with van der Waals surface area (Å²) in [6.07, 6.45) is 4.10. The third-order valence-electron chi connectivity index (χ3n) is 4.96. The first kappa shape index (κ1) is 21.1. The lowest BCUT2D eigenvalue weighted by Crippen LogP contribution is -2.13.